The molecule has 0 radical (unpaired) electrons. The van der Waals surface area contributed by atoms with Gasteiger partial charge in [0.1, 0.15) is 6.61 Å². The van der Waals surface area contributed by atoms with Gasteiger partial charge < -0.3 is 10.1 Å². The minimum absolute atomic E-state index is 0.0161. The molecule has 1 aromatic carbocycles. The molecule has 1 atom stereocenters. The summed E-state index contributed by atoms with van der Waals surface area (Å²) in [7, 11) is 0. The predicted molar refractivity (Wildman–Crippen MR) is 53.1 cm³/mol. The van der Waals surface area contributed by atoms with Gasteiger partial charge in [0.15, 0.2) is 0 Å². The Morgan fingerprint density at radius 3 is 2.86 bits per heavy atom. The fourth-order valence-electron chi connectivity index (χ4n) is 1.69. The Morgan fingerprint density at radius 1 is 1.43 bits per heavy atom. The van der Waals surface area contributed by atoms with Crippen molar-refractivity contribution in [2.75, 3.05) is 6.61 Å². The van der Waals surface area contributed by atoms with E-state index in [4.69, 9.17) is 4.74 Å². The van der Waals surface area contributed by atoms with Gasteiger partial charge in [-0.25, -0.2) is 4.79 Å². The molecular formula is C11H13NO2. The largest absolute Gasteiger partial charge is 0.447 e. The number of hydrogen-bond donors (Lipinski definition) is 1. The highest BCUT2D eigenvalue weighted by Gasteiger charge is 2.24. The lowest BCUT2D eigenvalue weighted by Crippen LogP contribution is -2.19. The minimum Gasteiger partial charge on any atom is -0.447 e. The van der Waals surface area contributed by atoms with E-state index in [1.54, 1.807) is 0 Å². The first-order valence-corrected chi connectivity index (χ1v) is 4.67. The standard InChI is InChI=1S/C11H13NO2/c1-7-3-4-8(2)9(5-7)10-6-14-11(13)12-10/h3-5,10H,6H2,1-2H3,(H,12,13)/t10-/m1/s1. The van der Waals surface area contributed by atoms with Crippen LogP contribution in [0.4, 0.5) is 4.79 Å². The SMILES string of the molecule is Cc1ccc(C)c([C@H]2COC(=O)N2)c1. The molecule has 1 fully saturated rings. The minimum atomic E-state index is -0.323. The Kier molecular flexibility index (Phi) is 2.15. The lowest BCUT2D eigenvalue weighted by atomic mass is 10.00. The fraction of sp³-hybridized carbons (Fsp3) is 0.364. The topological polar surface area (TPSA) is 38.3 Å². The summed E-state index contributed by atoms with van der Waals surface area (Å²) in [6.45, 7) is 4.52. The zero-order chi connectivity index (χ0) is 10.1. The summed E-state index contributed by atoms with van der Waals surface area (Å²) in [6.07, 6.45) is -0.323. The molecule has 3 heteroatoms. The molecule has 3 nitrogen and oxygen atoms in total. The van der Waals surface area contributed by atoms with E-state index < -0.39 is 0 Å². The summed E-state index contributed by atoms with van der Waals surface area (Å²) in [6, 6.07) is 6.24. The molecule has 0 unspecified atom stereocenters. The maximum absolute atomic E-state index is 10.9. The van der Waals surface area contributed by atoms with Crippen LogP contribution in [0.2, 0.25) is 0 Å². The smallest absolute Gasteiger partial charge is 0.407 e. The van der Waals surface area contributed by atoms with Crippen molar-refractivity contribution in [2.45, 2.75) is 19.9 Å². The van der Waals surface area contributed by atoms with Gasteiger partial charge in [0.05, 0.1) is 6.04 Å². The highest BCUT2D eigenvalue weighted by Crippen LogP contribution is 2.22. The van der Waals surface area contributed by atoms with Gasteiger partial charge in [0, 0.05) is 0 Å². The van der Waals surface area contributed by atoms with Crippen molar-refractivity contribution in [3.63, 3.8) is 0 Å². The Bertz CT molecular complexity index is 374. The summed E-state index contributed by atoms with van der Waals surface area (Å²) in [5.74, 6) is 0. The highest BCUT2D eigenvalue weighted by molar-refractivity contribution is 5.70. The average Bonchev–Trinajstić information content (AvgIpc) is 2.56. The van der Waals surface area contributed by atoms with Crippen molar-refractivity contribution >= 4 is 6.09 Å². The van der Waals surface area contributed by atoms with Crippen LogP contribution in [0.1, 0.15) is 22.7 Å². The van der Waals surface area contributed by atoms with Crippen molar-refractivity contribution in [3.05, 3.63) is 34.9 Å². The van der Waals surface area contributed by atoms with Crippen LogP contribution in [0.15, 0.2) is 18.2 Å². The summed E-state index contributed by atoms with van der Waals surface area (Å²) in [4.78, 5) is 10.9. The quantitative estimate of drug-likeness (QED) is 0.738. The van der Waals surface area contributed by atoms with Gasteiger partial charge in [-0.1, -0.05) is 23.8 Å². The van der Waals surface area contributed by atoms with Crippen LogP contribution in [0.3, 0.4) is 0 Å². The van der Waals surface area contributed by atoms with Crippen LogP contribution in [0.25, 0.3) is 0 Å². The van der Waals surface area contributed by atoms with E-state index in [9.17, 15) is 4.79 Å². The number of hydrogen-bond acceptors (Lipinski definition) is 2. The first kappa shape index (κ1) is 9.06. The summed E-state index contributed by atoms with van der Waals surface area (Å²) >= 11 is 0. The molecule has 0 aliphatic carbocycles. The number of carbonyl (C=O) groups excluding carboxylic acids is 1. The molecule has 0 saturated carbocycles. The zero-order valence-electron chi connectivity index (χ0n) is 8.33. The van der Waals surface area contributed by atoms with Crippen molar-refractivity contribution in [1.29, 1.82) is 0 Å². The van der Waals surface area contributed by atoms with E-state index in [1.165, 1.54) is 11.1 Å². The highest BCUT2D eigenvalue weighted by atomic mass is 16.6. The van der Waals surface area contributed by atoms with Crippen LogP contribution in [-0.2, 0) is 4.74 Å². The number of carbonyl (C=O) groups is 1. The lowest BCUT2D eigenvalue weighted by molar-refractivity contribution is 0.177. The van der Waals surface area contributed by atoms with Crippen LogP contribution in [-0.4, -0.2) is 12.7 Å². The number of alkyl carbamates (subject to hydrolysis) is 1. The molecule has 1 amide bonds. The van der Waals surface area contributed by atoms with E-state index >= 15 is 0 Å². The first-order valence-electron chi connectivity index (χ1n) is 4.67. The van der Waals surface area contributed by atoms with Crippen LogP contribution < -0.4 is 5.32 Å². The van der Waals surface area contributed by atoms with E-state index in [0.717, 1.165) is 5.56 Å². The maximum Gasteiger partial charge on any atom is 0.407 e. The number of aryl methyl sites for hydroxylation is 2. The third-order valence-corrected chi connectivity index (χ3v) is 2.48. The second-order valence-electron chi connectivity index (χ2n) is 3.66. The molecule has 1 aromatic rings. The van der Waals surface area contributed by atoms with E-state index in [2.05, 4.69) is 23.5 Å². The zero-order valence-corrected chi connectivity index (χ0v) is 8.33. The van der Waals surface area contributed by atoms with Crippen molar-refractivity contribution in [2.24, 2.45) is 0 Å². The van der Waals surface area contributed by atoms with Crippen LogP contribution >= 0.6 is 0 Å². The number of rotatable bonds is 1. The van der Waals surface area contributed by atoms with Gasteiger partial charge in [-0.2, -0.15) is 0 Å². The molecular weight excluding hydrogens is 178 g/mol. The fourth-order valence-corrected chi connectivity index (χ4v) is 1.69. The normalized spacial score (nSPS) is 20.4. The van der Waals surface area contributed by atoms with E-state index in [0.29, 0.717) is 6.61 Å². The second kappa shape index (κ2) is 3.33. The average molecular weight is 191 g/mol. The molecule has 1 heterocycles. The third-order valence-electron chi connectivity index (χ3n) is 2.48. The summed E-state index contributed by atoms with van der Waals surface area (Å²) in [5, 5.41) is 2.78. The van der Waals surface area contributed by atoms with Crippen molar-refractivity contribution < 1.29 is 9.53 Å². The number of cyclic esters (lactones) is 1. The van der Waals surface area contributed by atoms with Gasteiger partial charge in [0.25, 0.3) is 0 Å². The van der Waals surface area contributed by atoms with Crippen LogP contribution in [0, 0.1) is 13.8 Å². The molecule has 1 N–H and O–H groups in total. The Balaban J connectivity index is 2.31. The van der Waals surface area contributed by atoms with E-state index in [-0.39, 0.29) is 12.1 Å². The van der Waals surface area contributed by atoms with Gasteiger partial charge in [-0.3, -0.25) is 0 Å². The van der Waals surface area contributed by atoms with Gasteiger partial charge >= 0.3 is 6.09 Å². The number of benzene rings is 1. The van der Waals surface area contributed by atoms with Crippen LogP contribution in [0.5, 0.6) is 0 Å². The monoisotopic (exact) mass is 191 g/mol. The third kappa shape index (κ3) is 1.58. The van der Waals surface area contributed by atoms with Crippen molar-refractivity contribution in [3.8, 4) is 0 Å². The number of amides is 1. The molecule has 1 aliphatic rings. The lowest BCUT2D eigenvalue weighted by Gasteiger charge is -2.11. The molecule has 0 aromatic heterocycles. The molecule has 0 bridgehead atoms. The summed E-state index contributed by atoms with van der Waals surface area (Å²) in [5.41, 5.74) is 3.54. The molecule has 1 saturated heterocycles. The Hall–Kier alpha value is -1.51. The molecule has 14 heavy (non-hydrogen) atoms. The maximum atomic E-state index is 10.9. The first-order chi connectivity index (χ1) is 6.66. The Labute approximate surface area is 83.1 Å². The molecule has 1 aliphatic heterocycles. The number of nitrogens with one attached hydrogen (secondary N) is 1. The van der Waals surface area contributed by atoms with Gasteiger partial charge in [-0.15, -0.1) is 0 Å². The molecule has 74 valence electrons. The molecule has 0 spiro atoms. The van der Waals surface area contributed by atoms with Crippen molar-refractivity contribution in [1.82, 2.24) is 5.32 Å². The molecule has 2 rings (SSSR count). The predicted octanol–water partition coefficient (Wildman–Crippen LogP) is 2.08. The second-order valence-corrected chi connectivity index (χ2v) is 3.66. The Morgan fingerprint density at radius 2 is 2.21 bits per heavy atom. The summed E-state index contributed by atoms with van der Waals surface area (Å²) < 4.78 is 4.86. The van der Waals surface area contributed by atoms with Gasteiger partial charge in [-0.05, 0) is 25.0 Å². The van der Waals surface area contributed by atoms with Gasteiger partial charge in [0.2, 0.25) is 0 Å². The van der Waals surface area contributed by atoms with E-state index in [1.807, 2.05) is 13.8 Å². The number of ether oxygens (including phenoxy) is 1.